The molecule has 2 aromatic carbocycles. The third-order valence-electron chi connectivity index (χ3n) is 4.31. The molecule has 0 radical (unpaired) electrons. The van der Waals surface area contributed by atoms with Crippen molar-refractivity contribution in [1.82, 2.24) is 10.3 Å². The van der Waals surface area contributed by atoms with Crippen molar-refractivity contribution in [3.63, 3.8) is 0 Å². The molecular weight excluding hydrogens is 372 g/mol. The van der Waals surface area contributed by atoms with Gasteiger partial charge in [0.1, 0.15) is 0 Å². The molecule has 3 rings (SSSR count). The van der Waals surface area contributed by atoms with Gasteiger partial charge in [-0.2, -0.15) is 0 Å². The summed E-state index contributed by atoms with van der Waals surface area (Å²) in [5.41, 5.74) is 9.38. The number of anilines is 1. The van der Waals surface area contributed by atoms with E-state index < -0.39 is 5.91 Å². The minimum atomic E-state index is -0.496. The van der Waals surface area contributed by atoms with Gasteiger partial charge in [-0.1, -0.05) is 24.3 Å². The highest BCUT2D eigenvalue weighted by Crippen LogP contribution is 2.21. The van der Waals surface area contributed by atoms with E-state index in [4.69, 9.17) is 5.73 Å². The largest absolute Gasteiger partial charge is 0.366 e. The minimum absolute atomic E-state index is 0.151. The molecule has 1 heterocycles. The number of nitrogens with two attached hydrogens (primary N) is 1. The highest BCUT2D eigenvalue weighted by atomic mass is 32.1. The third kappa shape index (κ3) is 5.03. The number of benzene rings is 2. The standard InChI is InChI=1S/C21H22N4O2S/c1-13(21(27)25-18-9-7-17(8-10-18)20(22)26)23-11-15-3-5-16(6-4-15)19-12-28-14(2)24-19/h3-10,12-13,23H,11H2,1-2H3,(H2,22,26)(H,25,27)/t13-/m1/s1. The number of carbonyl (C=O) groups is 2. The Morgan fingerprint density at radius 2 is 1.79 bits per heavy atom. The van der Waals surface area contributed by atoms with Gasteiger partial charge in [0.15, 0.2) is 0 Å². The van der Waals surface area contributed by atoms with Gasteiger partial charge in [-0.3, -0.25) is 9.59 Å². The molecule has 0 unspecified atom stereocenters. The molecule has 0 saturated heterocycles. The van der Waals surface area contributed by atoms with Crippen LogP contribution in [0, 0.1) is 6.92 Å². The van der Waals surface area contributed by atoms with E-state index >= 15 is 0 Å². The summed E-state index contributed by atoms with van der Waals surface area (Å²) in [6.07, 6.45) is 0. The summed E-state index contributed by atoms with van der Waals surface area (Å²) in [6, 6.07) is 14.2. The van der Waals surface area contributed by atoms with Gasteiger partial charge in [0, 0.05) is 28.7 Å². The quantitative estimate of drug-likeness (QED) is 0.572. The van der Waals surface area contributed by atoms with Crippen molar-refractivity contribution in [2.75, 3.05) is 5.32 Å². The number of aryl methyl sites for hydroxylation is 1. The molecule has 0 aliphatic rings. The Kier molecular flexibility index (Phi) is 6.18. The lowest BCUT2D eigenvalue weighted by Crippen LogP contribution is -2.37. The molecule has 2 amide bonds. The summed E-state index contributed by atoms with van der Waals surface area (Å²) in [5.74, 6) is -0.648. The third-order valence-corrected chi connectivity index (χ3v) is 5.08. The van der Waals surface area contributed by atoms with Crippen LogP contribution in [0.3, 0.4) is 0 Å². The Hall–Kier alpha value is -3.03. The molecule has 0 fully saturated rings. The summed E-state index contributed by atoms with van der Waals surface area (Å²) in [4.78, 5) is 27.9. The zero-order valence-electron chi connectivity index (χ0n) is 15.7. The lowest BCUT2D eigenvalue weighted by molar-refractivity contribution is -0.117. The van der Waals surface area contributed by atoms with Gasteiger partial charge >= 0.3 is 0 Å². The fraction of sp³-hybridized carbons (Fsp3) is 0.190. The second-order valence-corrected chi connectivity index (χ2v) is 7.54. The molecule has 0 saturated carbocycles. The average Bonchev–Trinajstić information content (AvgIpc) is 3.13. The molecule has 0 bridgehead atoms. The molecule has 7 heteroatoms. The van der Waals surface area contributed by atoms with Gasteiger partial charge in [0.25, 0.3) is 0 Å². The number of rotatable bonds is 7. The Morgan fingerprint density at radius 3 is 2.36 bits per heavy atom. The Morgan fingerprint density at radius 1 is 1.11 bits per heavy atom. The van der Waals surface area contributed by atoms with E-state index in [-0.39, 0.29) is 11.9 Å². The molecule has 144 valence electrons. The number of hydrogen-bond acceptors (Lipinski definition) is 5. The van der Waals surface area contributed by atoms with Crippen LogP contribution in [-0.4, -0.2) is 22.8 Å². The van der Waals surface area contributed by atoms with Gasteiger partial charge in [-0.25, -0.2) is 4.98 Å². The lowest BCUT2D eigenvalue weighted by atomic mass is 10.1. The zero-order chi connectivity index (χ0) is 20.1. The molecule has 4 N–H and O–H groups in total. The first-order chi connectivity index (χ1) is 13.4. The zero-order valence-corrected chi connectivity index (χ0v) is 16.5. The lowest BCUT2D eigenvalue weighted by Gasteiger charge is -2.14. The smallest absolute Gasteiger partial charge is 0.248 e. The fourth-order valence-corrected chi connectivity index (χ4v) is 3.24. The van der Waals surface area contributed by atoms with Crippen molar-refractivity contribution >= 4 is 28.8 Å². The number of nitrogens with zero attached hydrogens (tertiary/aromatic N) is 1. The van der Waals surface area contributed by atoms with Crippen LogP contribution in [0.5, 0.6) is 0 Å². The fourth-order valence-electron chi connectivity index (χ4n) is 2.62. The van der Waals surface area contributed by atoms with Gasteiger partial charge in [-0.05, 0) is 43.7 Å². The summed E-state index contributed by atoms with van der Waals surface area (Å²) < 4.78 is 0. The first-order valence-corrected chi connectivity index (χ1v) is 9.76. The van der Waals surface area contributed by atoms with Crippen LogP contribution >= 0.6 is 11.3 Å². The second kappa shape index (κ2) is 8.77. The highest BCUT2D eigenvalue weighted by molar-refractivity contribution is 7.09. The predicted molar refractivity (Wildman–Crippen MR) is 112 cm³/mol. The van der Waals surface area contributed by atoms with Crippen LogP contribution in [0.4, 0.5) is 5.69 Å². The Bertz CT molecular complexity index is 965. The van der Waals surface area contributed by atoms with Crippen molar-refractivity contribution < 1.29 is 9.59 Å². The molecule has 0 aliphatic heterocycles. The van der Waals surface area contributed by atoms with E-state index in [1.807, 2.05) is 36.6 Å². The summed E-state index contributed by atoms with van der Waals surface area (Å²) in [7, 11) is 0. The normalized spacial score (nSPS) is 11.8. The Balaban J connectivity index is 1.52. The molecule has 1 aromatic heterocycles. The summed E-state index contributed by atoms with van der Waals surface area (Å²) >= 11 is 1.63. The maximum absolute atomic E-state index is 12.3. The van der Waals surface area contributed by atoms with Crippen LogP contribution in [0.2, 0.25) is 0 Å². The van der Waals surface area contributed by atoms with Crippen LogP contribution in [0.25, 0.3) is 11.3 Å². The topological polar surface area (TPSA) is 97.1 Å². The van der Waals surface area contributed by atoms with E-state index in [1.54, 1.807) is 42.5 Å². The number of amides is 2. The SMILES string of the molecule is Cc1nc(-c2ccc(CN[C@H](C)C(=O)Nc3ccc(C(N)=O)cc3)cc2)cs1. The van der Waals surface area contributed by atoms with Crippen molar-refractivity contribution in [3.05, 3.63) is 70.0 Å². The van der Waals surface area contributed by atoms with E-state index in [0.717, 1.165) is 21.8 Å². The minimum Gasteiger partial charge on any atom is -0.366 e. The average molecular weight is 395 g/mol. The van der Waals surface area contributed by atoms with Crippen LogP contribution in [-0.2, 0) is 11.3 Å². The van der Waals surface area contributed by atoms with Gasteiger partial charge in [0.2, 0.25) is 11.8 Å². The van der Waals surface area contributed by atoms with Crippen molar-refractivity contribution in [3.8, 4) is 11.3 Å². The van der Waals surface area contributed by atoms with Crippen LogP contribution in [0.15, 0.2) is 53.9 Å². The highest BCUT2D eigenvalue weighted by Gasteiger charge is 2.13. The van der Waals surface area contributed by atoms with Crippen molar-refractivity contribution in [2.45, 2.75) is 26.4 Å². The van der Waals surface area contributed by atoms with Crippen molar-refractivity contribution in [2.24, 2.45) is 5.73 Å². The first kappa shape index (κ1) is 19.7. The maximum atomic E-state index is 12.3. The monoisotopic (exact) mass is 394 g/mol. The number of aromatic nitrogens is 1. The second-order valence-electron chi connectivity index (χ2n) is 6.48. The van der Waals surface area contributed by atoms with Crippen LogP contribution in [0.1, 0.15) is 27.9 Å². The van der Waals surface area contributed by atoms with Gasteiger partial charge < -0.3 is 16.4 Å². The number of thiazole rings is 1. The Labute approximate surface area is 167 Å². The maximum Gasteiger partial charge on any atom is 0.248 e. The van der Waals surface area contributed by atoms with E-state index in [9.17, 15) is 9.59 Å². The number of hydrogen-bond donors (Lipinski definition) is 3. The van der Waals surface area contributed by atoms with E-state index in [2.05, 4.69) is 15.6 Å². The van der Waals surface area contributed by atoms with E-state index in [0.29, 0.717) is 17.8 Å². The molecule has 1 atom stereocenters. The summed E-state index contributed by atoms with van der Waals surface area (Å²) in [6.45, 7) is 4.37. The van der Waals surface area contributed by atoms with Crippen LogP contribution < -0.4 is 16.4 Å². The van der Waals surface area contributed by atoms with Gasteiger partial charge in [0.05, 0.1) is 16.7 Å². The predicted octanol–water partition coefficient (Wildman–Crippen LogP) is 3.33. The molecule has 28 heavy (non-hydrogen) atoms. The molecule has 3 aromatic rings. The number of carbonyl (C=O) groups excluding carboxylic acids is 2. The summed E-state index contributed by atoms with van der Waals surface area (Å²) in [5, 5.41) is 9.12. The van der Waals surface area contributed by atoms with E-state index in [1.165, 1.54) is 0 Å². The number of primary amides is 1. The molecule has 6 nitrogen and oxygen atoms in total. The molecule has 0 aliphatic carbocycles. The molecular formula is C21H22N4O2S. The first-order valence-electron chi connectivity index (χ1n) is 8.88. The van der Waals surface area contributed by atoms with Gasteiger partial charge in [-0.15, -0.1) is 11.3 Å². The number of nitrogens with one attached hydrogen (secondary N) is 2. The molecule has 0 spiro atoms. The van der Waals surface area contributed by atoms with Crippen molar-refractivity contribution in [1.29, 1.82) is 0 Å².